The number of aromatic nitrogens is 4. The fraction of sp³-hybridized carbons (Fsp3) is 0.353. The van der Waals surface area contributed by atoms with Crippen molar-refractivity contribution in [1.82, 2.24) is 24.6 Å². The monoisotopic (exact) mass is 341 g/mol. The number of nitrogens with zero attached hydrogens (tertiary/aromatic N) is 3. The van der Waals surface area contributed by atoms with Gasteiger partial charge in [-0.15, -0.1) is 0 Å². The van der Waals surface area contributed by atoms with Crippen LogP contribution in [0.25, 0.3) is 11.0 Å². The van der Waals surface area contributed by atoms with Crippen LogP contribution in [0.4, 0.5) is 0 Å². The minimum atomic E-state index is -0.290. The summed E-state index contributed by atoms with van der Waals surface area (Å²) in [6, 6.07) is 9.07. The van der Waals surface area contributed by atoms with Crippen LogP contribution < -0.4 is 11.0 Å². The molecule has 130 valence electrons. The van der Waals surface area contributed by atoms with E-state index in [1.165, 1.54) is 4.57 Å². The summed E-state index contributed by atoms with van der Waals surface area (Å²) < 4.78 is 8.96. The van der Waals surface area contributed by atoms with Crippen LogP contribution in [0.15, 0.2) is 41.3 Å². The number of H-pyrrole nitrogens is 1. The first-order valence-electron chi connectivity index (χ1n) is 8.20. The van der Waals surface area contributed by atoms with Gasteiger partial charge in [0.2, 0.25) is 5.91 Å². The summed E-state index contributed by atoms with van der Waals surface area (Å²) in [4.78, 5) is 27.4. The lowest BCUT2D eigenvalue weighted by atomic mass is 10.1. The summed E-state index contributed by atoms with van der Waals surface area (Å²) in [5, 5.41) is 7.15. The molecule has 8 nitrogen and oxygen atoms in total. The third kappa shape index (κ3) is 2.85. The number of hydrogen-bond acceptors (Lipinski definition) is 4. The largest absolute Gasteiger partial charge is 0.370 e. The molecule has 2 atom stereocenters. The SMILES string of the molecule is Cn1nccc1[C@H]1OCC[C@@H]1NC(=O)Cn1c(=O)[nH]c2ccccc21. The van der Waals surface area contributed by atoms with Crippen LogP contribution >= 0.6 is 0 Å². The molecule has 2 aromatic heterocycles. The summed E-state index contributed by atoms with van der Waals surface area (Å²) in [7, 11) is 1.85. The Morgan fingerprint density at radius 1 is 1.40 bits per heavy atom. The second-order valence-corrected chi connectivity index (χ2v) is 6.17. The molecule has 1 fully saturated rings. The first-order valence-corrected chi connectivity index (χ1v) is 8.20. The van der Waals surface area contributed by atoms with Crippen molar-refractivity contribution < 1.29 is 9.53 Å². The van der Waals surface area contributed by atoms with Gasteiger partial charge in [-0.25, -0.2) is 4.79 Å². The Kier molecular flexibility index (Phi) is 3.89. The topological polar surface area (TPSA) is 93.9 Å². The molecule has 1 aliphatic heterocycles. The van der Waals surface area contributed by atoms with Gasteiger partial charge >= 0.3 is 5.69 Å². The maximum atomic E-state index is 12.5. The number of hydrogen-bond donors (Lipinski definition) is 2. The Hall–Kier alpha value is -2.87. The molecule has 0 saturated carbocycles. The first kappa shape index (κ1) is 15.6. The number of aryl methyl sites for hydroxylation is 1. The number of aromatic amines is 1. The van der Waals surface area contributed by atoms with E-state index in [1.807, 2.05) is 37.4 Å². The highest BCUT2D eigenvalue weighted by Gasteiger charge is 2.32. The second-order valence-electron chi connectivity index (χ2n) is 6.17. The molecule has 3 heterocycles. The molecule has 0 radical (unpaired) electrons. The molecule has 4 rings (SSSR count). The molecule has 25 heavy (non-hydrogen) atoms. The van der Waals surface area contributed by atoms with Gasteiger partial charge in [-0.3, -0.25) is 14.0 Å². The van der Waals surface area contributed by atoms with E-state index >= 15 is 0 Å². The van der Waals surface area contributed by atoms with E-state index in [0.717, 1.165) is 17.6 Å². The van der Waals surface area contributed by atoms with Crippen molar-refractivity contribution in [3.8, 4) is 0 Å². The molecule has 3 aromatic rings. The normalized spacial score (nSPS) is 20.2. The predicted octanol–water partition coefficient (Wildman–Crippen LogP) is 0.710. The molecule has 0 unspecified atom stereocenters. The lowest BCUT2D eigenvalue weighted by Gasteiger charge is -2.20. The van der Waals surface area contributed by atoms with Crippen LogP contribution in [0.1, 0.15) is 18.2 Å². The van der Waals surface area contributed by atoms with E-state index in [0.29, 0.717) is 12.1 Å². The maximum Gasteiger partial charge on any atom is 0.326 e. The maximum absolute atomic E-state index is 12.5. The number of amides is 1. The van der Waals surface area contributed by atoms with Crippen molar-refractivity contribution in [3.63, 3.8) is 0 Å². The molecular weight excluding hydrogens is 322 g/mol. The fourth-order valence-corrected chi connectivity index (χ4v) is 3.35. The van der Waals surface area contributed by atoms with E-state index in [1.54, 1.807) is 10.9 Å². The second kappa shape index (κ2) is 6.21. The van der Waals surface area contributed by atoms with E-state index < -0.39 is 0 Å². The average Bonchev–Trinajstić information content (AvgIpc) is 3.28. The highest BCUT2D eigenvalue weighted by atomic mass is 16.5. The van der Waals surface area contributed by atoms with Gasteiger partial charge in [0.05, 0.1) is 22.8 Å². The molecular formula is C17H19N5O3. The standard InChI is InChI=1S/C17H19N5O3/c1-21-14(6-8-18-21)16-12(7-9-25-16)19-15(23)10-22-13-5-3-2-4-11(13)20-17(22)24/h2-6,8,12,16H,7,9-10H2,1H3,(H,19,23)(H,20,24)/t12-,16-/m0/s1. The van der Waals surface area contributed by atoms with E-state index in [4.69, 9.17) is 4.74 Å². The predicted molar refractivity (Wildman–Crippen MR) is 91.0 cm³/mol. The van der Waals surface area contributed by atoms with E-state index in [2.05, 4.69) is 15.4 Å². The number of imidazole rings is 1. The van der Waals surface area contributed by atoms with Gasteiger partial charge in [0.1, 0.15) is 12.6 Å². The molecule has 1 saturated heterocycles. The number of benzene rings is 1. The number of fused-ring (bicyclic) bond motifs is 1. The Morgan fingerprint density at radius 2 is 2.24 bits per heavy atom. The number of carbonyl (C=O) groups excluding carboxylic acids is 1. The third-order valence-electron chi connectivity index (χ3n) is 4.57. The van der Waals surface area contributed by atoms with Crippen molar-refractivity contribution in [1.29, 1.82) is 0 Å². The molecule has 0 aliphatic carbocycles. The molecule has 8 heteroatoms. The van der Waals surface area contributed by atoms with Crippen LogP contribution in [0.5, 0.6) is 0 Å². The minimum Gasteiger partial charge on any atom is -0.370 e. The highest BCUT2D eigenvalue weighted by Crippen LogP contribution is 2.28. The zero-order valence-electron chi connectivity index (χ0n) is 13.8. The van der Waals surface area contributed by atoms with E-state index in [-0.39, 0.29) is 30.3 Å². The van der Waals surface area contributed by atoms with Crippen LogP contribution in [-0.2, 0) is 23.1 Å². The van der Waals surface area contributed by atoms with Crippen molar-refractivity contribution in [3.05, 3.63) is 52.7 Å². The number of ether oxygens (including phenoxy) is 1. The van der Waals surface area contributed by atoms with Crippen LogP contribution in [0.2, 0.25) is 0 Å². The lowest BCUT2D eigenvalue weighted by Crippen LogP contribution is -2.40. The van der Waals surface area contributed by atoms with Crippen LogP contribution in [0, 0.1) is 0 Å². The number of nitrogens with one attached hydrogen (secondary N) is 2. The molecule has 1 amide bonds. The molecule has 1 aliphatic rings. The summed E-state index contributed by atoms with van der Waals surface area (Å²) in [5.74, 6) is -0.213. The van der Waals surface area contributed by atoms with Crippen LogP contribution in [0.3, 0.4) is 0 Å². The summed E-state index contributed by atoms with van der Waals surface area (Å²) in [6.07, 6.45) is 2.21. The quantitative estimate of drug-likeness (QED) is 0.731. The van der Waals surface area contributed by atoms with Gasteiger partial charge in [-0.05, 0) is 24.6 Å². The van der Waals surface area contributed by atoms with Gasteiger partial charge in [0.15, 0.2) is 0 Å². The van der Waals surface area contributed by atoms with Gasteiger partial charge in [-0.2, -0.15) is 5.10 Å². The molecule has 0 bridgehead atoms. The van der Waals surface area contributed by atoms with Gasteiger partial charge in [-0.1, -0.05) is 12.1 Å². The molecule has 1 aromatic carbocycles. The Bertz CT molecular complexity index is 970. The lowest BCUT2D eigenvalue weighted by molar-refractivity contribution is -0.122. The van der Waals surface area contributed by atoms with Gasteiger partial charge in [0, 0.05) is 19.9 Å². The average molecular weight is 341 g/mol. The zero-order chi connectivity index (χ0) is 17.4. The molecule has 0 spiro atoms. The van der Waals surface area contributed by atoms with Gasteiger partial charge < -0.3 is 15.0 Å². The first-order chi connectivity index (χ1) is 12.1. The summed E-state index contributed by atoms with van der Waals surface area (Å²) >= 11 is 0. The van der Waals surface area contributed by atoms with E-state index in [9.17, 15) is 9.59 Å². The molecule has 2 N–H and O–H groups in total. The van der Waals surface area contributed by atoms with Crippen molar-refractivity contribution >= 4 is 16.9 Å². The number of para-hydroxylation sites is 2. The number of rotatable bonds is 4. The Balaban J connectivity index is 1.51. The van der Waals surface area contributed by atoms with Crippen molar-refractivity contribution in [2.45, 2.75) is 25.1 Å². The fourth-order valence-electron chi connectivity index (χ4n) is 3.35. The van der Waals surface area contributed by atoms with Crippen molar-refractivity contribution in [2.24, 2.45) is 7.05 Å². The van der Waals surface area contributed by atoms with Gasteiger partial charge in [0.25, 0.3) is 0 Å². The Labute approximate surface area is 143 Å². The zero-order valence-corrected chi connectivity index (χ0v) is 13.8. The number of carbonyl (C=O) groups is 1. The summed E-state index contributed by atoms with van der Waals surface area (Å²) in [6.45, 7) is 0.547. The van der Waals surface area contributed by atoms with Crippen LogP contribution in [-0.4, -0.2) is 37.9 Å². The minimum absolute atomic E-state index is 0.0303. The van der Waals surface area contributed by atoms with Crippen molar-refractivity contribution in [2.75, 3.05) is 6.61 Å². The third-order valence-corrected chi connectivity index (χ3v) is 4.57. The Morgan fingerprint density at radius 3 is 3.04 bits per heavy atom. The smallest absolute Gasteiger partial charge is 0.326 e. The highest BCUT2D eigenvalue weighted by molar-refractivity contribution is 5.80. The summed E-state index contributed by atoms with van der Waals surface area (Å²) in [5.41, 5.74) is 2.07.